The number of aromatic nitrogens is 1. The molecule has 6 rings (SSSR count). The van der Waals surface area contributed by atoms with E-state index >= 15 is 0 Å². The van der Waals surface area contributed by atoms with Crippen LogP contribution < -0.4 is 10.6 Å². The number of hydrogen-bond acceptors (Lipinski definition) is 6. The van der Waals surface area contributed by atoms with Crippen molar-refractivity contribution in [2.24, 2.45) is 0 Å². The topological polar surface area (TPSA) is 108 Å². The van der Waals surface area contributed by atoms with Gasteiger partial charge in [-0.2, -0.15) is 17.0 Å². The second-order valence-corrected chi connectivity index (χ2v) is 11.4. The lowest BCUT2D eigenvalue weighted by atomic mass is 9.99. The van der Waals surface area contributed by atoms with E-state index in [9.17, 15) is 13.2 Å². The Bertz CT molecular complexity index is 915. The molecule has 1 aliphatic carbocycles. The predicted octanol–water partition coefficient (Wildman–Crippen LogP) is 0.958. The van der Waals surface area contributed by atoms with E-state index in [0.29, 0.717) is 24.5 Å². The summed E-state index contributed by atoms with van der Waals surface area (Å²) in [6.45, 7) is 1.50. The Morgan fingerprint density at radius 3 is 2.23 bits per heavy atom. The van der Waals surface area contributed by atoms with Crippen LogP contribution in [0.15, 0.2) is 10.6 Å². The molecule has 9 nitrogen and oxygen atoms in total. The highest BCUT2D eigenvalue weighted by atomic mass is 32.2. The number of nitrogens with zero attached hydrogens (tertiary/aromatic N) is 3. The Labute approximate surface area is 176 Å². The third kappa shape index (κ3) is 3.11. The van der Waals surface area contributed by atoms with Gasteiger partial charge in [0.25, 0.3) is 16.1 Å². The number of piperidine rings is 1. The molecule has 0 aromatic carbocycles. The molecule has 4 saturated heterocycles. The van der Waals surface area contributed by atoms with E-state index < -0.39 is 10.2 Å². The van der Waals surface area contributed by atoms with Crippen LogP contribution in [0, 0.1) is 0 Å². The first-order chi connectivity index (χ1) is 14.5. The molecule has 5 heterocycles. The van der Waals surface area contributed by atoms with Crippen molar-refractivity contribution in [2.45, 2.75) is 87.5 Å². The molecule has 164 valence electrons. The van der Waals surface area contributed by atoms with E-state index in [1.807, 2.05) is 0 Å². The van der Waals surface area contributed by atoms with Gasteiger partial charge in [0.05, 0.1) is 0 Å². The monoisotopic (exact) mass is 435 g/mol. The summed E-state index contributed by atoms with van der Waals surface area (Å²) in [5.74, 6) is 1.00. The maximum Gasteiger partial charge on any atom is 0.283 e. The fourth-order valence-corrected chi connectivity index (χ4v) is 8.54. The number of rotatable bonds is 5. The molecule has 1 amide bonds. The molecule has 4 bridgehead atoms. The fourth-order valence-electron chi connectivity index (χ4n) is 6.07. The van der Waals surface area contributed by atoms with E-state index in [-0.39, 0.29) is 36.1 Å². The predicted molar refractivity (Wildman–Crippen MR) is 108 cm³/mol. The molecular weight excluding hydrogens is 406 g/mol. The van der Waals surface area contributed by atoms with Gasteiger partial charge in [-0.15, -0.1) is 0 Å². The molecule has 5 atom stereocenters. The van der Waals surface area contributed by atoms with Crippen LogP contribution in [0.1, 0.15) is 73.5 Å². The highest BCUT2D eigenvalue weighted by Gasteiger charge is 2.53. The molecule has 2 N–H and O–H groups in total. The standard InChI is InChI=1S/C20H29N5O4S/c26-20(18-9-19(29-23-18)12-1-2-12)22-13-7-14-3-4-15(8-13)24(14)30(27,28)25-16-5-6-17(25)11-21-10-16/h9,12-17,21H,1-8,10-11H2,(H,22,26)/t13-,14+,15-,16?,17?. The van der Waals surface area contributed by atoms with Crippen molar-refractivity contribution < 1.29 is 17.7 Å². The minimum atomic E-state index is -3.47. The van der Waals surface area contributed by atoms with E-state index in [0.717, 1.165) is 57.4 Å². The summed E-state index contributed by atoms with van der Waals surface area (Å²) in [5.41, 5.74) is 0.330. The summed E-state index contributed by atoms with van der Waals surface area (Å²) in [7, 11) is -3.47. The van der Waals surface area contributed by atoms with Crippen LogP contribution in [0.2, 0.25) is 0 Å². The van der Waals surface area contributed by atoms with Crippen molar-refractivity contribution in [2.75, 3.05) is 13.1 Å². The fraction of sp³-hybridized carbons (Fsp3) is 0.800. The van der Waals surface area contributed by atoms with Gasteiger partial charge in [0, 0.05) is 55.3 Å². The van der Waals surface area contributed by atoms with Gasteiger partial charge in [0.2, 0.25) is 0 Å². The van der Waals surface area contributed by atoms with E-state index in [4.69, 9.17) is 4.52 Å². The zero-order valence-corrected chi connectivity index (χ0v) is 17.8. The van der Waals surface area contributed by atoms with Crippen LogP contribution in [0.3, 0.4) is 0 Å². The molecule has 5 aliphatic rings. The summed E-state index contributed by atoms with van der Waals surface area (Å²) >= 11 is 0. The van der Waals surface area contributed by atoms with Crippen molar-refractivity contribution in [1.82, 2.24) is 24.4 Å². The van der Waals surface area contributed by atoms with Gasteiger partial charge >= 0.3 is 0 Å². The van der Waals surface area contributed by atoms with Gasteiger partial charge in [-0.3, -0.25) is 4.79 Å². The zero-order chi connectivity index (χ0) is 20.5. The Kier molecular flexibility index (Phi) is 4.49. The number of amides is 1. The molecular formula is C20H29N5O4S. The first-order valence-corrected chi connectivity index (χ1v) is 12.7. The molecule has 30 heavy (non-hydrogen) atoms. The number of carbonyl (C=O) groups is 1. The average Bonchev–Trinajstić information content (AvgIpc) is 3.28. The Morgan fingerprint density at radius 2 is 1.60 bits per heavy atom. The third-order valence-electron chi connectivity index (χ3n) is 7.59. The maximum atomic E-state index is 13.6. The maximum absolute atomic E-state index is 13.6. The van der Waals surface area contributed by atoms with E-state index in [1.165, 1.54) is 0 Å². The molecule has 0 spiro atoms. The Hall–Kier alpha value is -1.49. The molecule has 1 aromatic heterocycles. The molecule has 10 heteroatoms. The van der Waals surface area contributed by atoms with Crippen LogP contribution in [0.25, 0.3) is 0 Å². The Morgan fingerprint density at radius 1 is 1.00 bits per heavy atom. The first kappa shape index (κ1) is 19.2. The number of nitrogens with one attached hydrogen (secondary N) is 2. The quantitative estimate of drug-likeness (QED) is 0.713. The van der Waals surface area contributed by atoms with Gasteiger partial charge in [0.15, 0.2) is 5.69 Å². The van der Waals surface area contributed by atoms with Crippen LogP contribution in [0.4, 0.5) is 0 Å². The van der Waals surface area contributed by atoms with E-state index in [2.05, 4.69) is 15.8 Å². The average molecular weight is 436 g/mol. The highest BCUT2D eigenvalue weighted by molar-refractivity contribution is 7.86. The van der Waals surface area contributed by atoms with Crippen molar-refractivity contribution in [3.63, 3.8) is 0 Å². The summed E-state index contributed by atoms with van der Waals surface area (Å²) in [4.78, 5) is 12.6. The normalized spacial score (nSPS) is 36.9. The summed E-state index contributed by atoms with van der Waals surface area (Å²) in [6, 6.07) is 1.82. The minimum absolute atomic E-state index is 0.0257. The summed E-state index contributed by atoms with van der Waals surface area (Å²) < 4.78 is 36.1. The lowest BCUT2D eigenvalue weighted by Crippen LogP contribution is -2.61. The molecule has 4 aliphatic heterocycles. The van der Waals surface area contributed by atoms with E-state index in [1.54, 1.807) is 14.7 Å². The van der Waals surface area contributed by atoms with Crippen molar-refractivity contribution in [3.8, 4) is 0 Å². The number of hydrogen-bond donors (Lipinski definition) is 2. The van der Waals surface area contributed by atoms with Gasteiger partial charge in [-0.1, -0.05) is 5.16 Å². The molecule has 1 saturated carbocycles. The summed E-state index contributed by atoms with van der Waals surface area (Å²) in [6.07, 6.45) is 7.15. The number of piperazine rings is 1. The van der Waals surface area contributed by atoms with Crippen LogP contribution >= 0.6 is 0 Å². The zero-order valence-electron chi connectivity index (χ0n) is 17.0. The summed E-state index contributed by atoms with van der Waals surface area (Å²) in [5, 5.41) is 10.4. The van der Waals surface area contributed by atoms with Crippen molar-refractivity contribution in [1.29, 1.82) is 0 Å². The molecule has 2 unspecified atom stereocenters. The van der Waals surface area contributed by atoms with Gasteiger partial charge < -0.3 is 15.2 Å². The number of carbonyl (C=O) groups excluding carboxylic acids is 1. The lowest BCUT2D eigenvalue weighted by Gasteiger charge is -2.43. The van der Waals surface area contributed by atoms with Crippen molar-refractivity contribution >= 4 is 16.1 Å². The van der Waals surface area contributed by atoms with Gasteiger partial charge in [-0.25, -0.2) is 0 Å². The molecule has 0 radical (unpaired) electrons. The Balaban J connectivity index is 1.14. The van der Waals surface area contributed by atoms with Crippen LogP contribution in [-0.2, 0) is 10.2 Å². The van der Waals surface area contributed by atoms with Crippen LogP contribution in [0.5, 0.6) is 0 Å². The smallest absolute Gasteiger partial charge is 0.283 e. The first-order valence-electron chi connectivity index (χ1n) is 11.3. The van der Waals surface area contributed by atoms with Crippen molar-refractivity contribution in [3.05, 3.63) is 17.5 Å². The van der Waals surface area contributed by atoms with Gasteiger partial charge in [-0.05, 0) is 51.4 Å². The largest absolute Gasteiger partial charge is 0.360 e. The SMILES string of the molecule is O=C(N[C@H]1C[C@H]2CC[C@@H](C1)N2S(=O)(=O)N1C2CCC1CNC2)c1cc(C2CC2)on1. The lowest BCUT2D eigenvalue weighted by molar-refractivity contribution is 0.0896. The molecule has 5 fully saturated rings. The van der Waals surface area contributed by atoms with Gasteiger partial charge in [0.1, 0.15) is 5.76 Å². The second kappa shape index (κ2) is 7.01. The van der Waals surface area contributed by atoms with Crippen LogP contribution in [-0.4, -0.2) is 71.4 Å². The molecule has 1 aromatic rings. The number of fused-ring (bicyclic) bond motifs is 4. The minimum Gasteiger partial charge on any atom is -0.360 e. The highest BCUT2D eigenvalue weighted by Crippen LogP contribution is 2.42. The second-order valence-electron chi connectivity index (χ2n) is 9.63. The third-order valence-corrected chi connectivity index (χ3v) is 9.85.